The topological polar surface area (TPSA) is 41.1 Å². The lowest BCUT2D eigenvalue weighted by Gasteiger charge is -2.12. The third-order valence-corrected chi connectivity index (χ3v) is 5.05. The summed E-state index contributed by atoms with van der Waals surface area (Å²) in [7, 11) is 0. The highest BCUT2D eigenvalue weighted by molar-refractivity contribution is 9.11. The highest BCUT2D eigenvalue weighted by Gasteiger charge is 2.13. The minimum atomic E-state index is -0.247. The predicted octanol–water partition coefficient (Wildman–Crippen LogP) is 5.49. The molecule has 0 aliphatic carbocycles. The van der Waals surface area contributed by atoms with Crippen LogP contribution in [0.5, 0.6) is 0 Å². The molecule has 0 saturated carbocycles. The van der Waals surface area contributed by atoms with E-state index in [0.717, 1.165) is 25.4 Å². The summed E-state index contributed by atoms with van der Waals surface area (Å²) in [5.41, 5.74) is 1.37. The highest BCUT2D eigenvalue weighted by atomic mass is 79.9. The summed E-state index contributed by atoms with van der Waals surface area (Å²) in [5, 5.41) is 7.84. The van der Waals surface area contributed by atoms with Crippen molar-refractivity contribution in [1.82, 2.24) is 5.32 Å². The Morgan fingerprint density at radius 2 is 1.50 bits per heavy atom. The number of nitrogens with one attached hydrogen (secondary N) is 2. The second kappa shape index (κ2) is 7.42. The van der Waals surface area contributed by atoms with Crippen LogP contribution < -0.4 is 10.6 Å². The first-order valence-electron chi connectivity index (χ1n) is 7.10. The van der Waals surface area contributed by atoms with Crippen molar-refractivity contribution in [2.45, 2.75) is 0 Å². The fourth-order valence-electron chi connectivity index (χ4n) is 2.36. The van der Waals surface area contributed by atoms with Crippen molar-refractivity contribution in [1.29, 1.82) is 0 Å². The molecule has 3 nitrogen and oxygen atoms in total. The number of carbonyl (C=O) groups excluding carboxylic acids is 1. The van der Waals surface area contributed by atoms with E-state index in [1.165, 1.54) is 0 Å². The normalized spacial score (nSPS) is 10.4. The predicted molar refractivity (Wildman–Crippen MR) is 109 cm³/mol. The van der Waals surface area contributed by atoms with Gasteiger partial charge in [-0.3, -0.25) is 10.1 Å². The van der Waals surface area contributed by atoms with Gasteiger partial charge in [-0.25, -0.2) is 0 Å². The molecule has 0 heterocycles. The Morgan fingerprint density at radius 1 is 0.833 bits per heavy atom. The maximum absolute atomic E-state index is 12.6. The van der Waals surface area contributed by atoms with Gasteiger partial charge in [0.2, 0.25) is 0 Å². The Bertz CT molecular complexity index is 943. The maximum atomic E-state index is 12.6. The number of halogens is 2. The van der Waals surface area contributed by atoms with Crippen molar-refractivity contribution >= 4 is 71.6 Å². The van der Waals surface area contributed by atoms with Gasteiger partial charge in [-0.2, -0.15) is 0 Å². The van der Waals surface area contributed by atoms with E-state index in [1.807, 2.05) is 54.6 Å². The number of thiocarbonyl (C=S) groups is 1. The second-order valence-electron chi connectivity index (χ2n) is 5.03. The molecule has 0 radical (unpaired) electrons. The van der Waals surface area contributed by atoms with Crippen molar-refractivity contribution in [3.63, 3.8) is 0 Å². The summed E-state index contributed by atoms with van der Waals surface area (Å²) in [4.78, 5) is 12.6. The number of fused-ring (bicyclic) bond motifs is 1. The van der Waals surface area contributed by atoms with Crippen molar-refractivity contribution in [3.05, 3.63) is 75.2 Å². The minimum Gasteiger partial charge on any atom is -0.331 e. The number of rotatable bonds is 2. The van der Waals surface area contributed by atoms with Crippen molar-refractivity contribution < 1.29 is 4.79 Å². The van der Waals surface area contributed by atoms with E-state index in [-0.39, 0.29) is 11.0 Å². The molecule has 0 aromatic heterocycles. The number of hydrogen-bond acceptors (Lipinski definition) is 2. The van der Waals surface area contributed by atoms with Gasteiger partial charge in [0.05, 0.1) is 5.69 Å². The average molecular weight is 464 g/mol. The van der Waals surface area contributed by atoms with E-state index in [0.29, 0.717) is 5.56 Å². The molecule has 0 spiro atoms. The maximum Gasteiger partial charge on any atom is 0.258 e. The zero-order chi connectivity index (χ0) is 17.1. The Labute approximate surface area is 161 Å². The van der Waals surface area contributed by atoms with E-state index in [1.54, 1.807) is 6.07 Å². The number of carbonyl (C=O) groups is 1. The minimum absolute atomic E-state index is 0.247. The summed E-state index contributed by atoms with van der Waals surface area (Å²) in [6.07, 6.45) is 0. The van der Waals surface area contributed by atoms with Crippen LogP contribution in [0.25, 0.3) is 10.8 Å². The quantitative estimate of drug-likeness (QED) is 0.493. The molecular weight excluding hydrogens is 452 g/mol. The lowest BCUT2D eigenvalue weighted by atomic mass is 10.0. The first-order valence-corrected chi connectivity index (χ1v) is 9.10. The Balaban J connectivity index is 1.82. The van der Waals surface area contributed by atoms with E-state index in [4.69, 9.17) is 12.2 Å². The molecule has 24 heavy (non-hydrogen) atoms. The van der Waals surface area contributed by atoms with Gasteiger partial charge in [0.1, 0.15) is 0 Å². The SMILES string of the molecule is O=C(NC(=S)Nc1ccccc1Br)c1cccc2c(Br)cccc12. The lowest BCUT2D eigenvalue weighted by Crippen LogP contribution is -2.34. The van der Waals surface area contributed by atoms with Gasteiger partial charge in [-0.05, 0) is 63.2 Å². The molecule has 0 bridgehead atoms. The van der Waals surface area contributed by atoms with E-state index in [9.17, 15) is 4.79 Å². The van der Waals surface area contributed by atoms with E-state index < -0.39 is 0 Å². The van der Waals surface area contributed by atoms with Crippen LogP contribution in [-0.4, -0.2) is 11.0 Å². The second-order valence-corrected chi connectivity index (χ2v) is 7.15. The van der Waals surface area contributed by atoms with Crippen molar-refractivity contribution in [2.75, 3.05) is 5.32 Å². The molecule has 0 aliphatic heterocycles. The standard InChI is InChI=1S/C18H12Br2N2OS/c19-14-9-4-5-11-12(14)6-3-7-13(11)17(23)22-18(24)21-16-10-2-1-8-15(16)20/h1-10H,(H2,21,22,23,24). The molecule has 1 amide bonds. The molecule has 0 saturated heterocycles. The van der Waals surface area contributed by atoms with Crippen LogP contribution >= 0.6 is 44.1 Å². The van der Waals surface area contributed by atoms with Crippen LogP contribution in [0, 0.1) is 0 Å². The summed E-state index contributed by atoms with van der Waals surface area (Å²) < 4.78 is 1.82. The molecule has 2 N–H and O–H groups in total. The molecule has 6 heteroatoms. The van der Waals surface area contributed by atoms with Gasteiger partial charge < -0.3 is 5.32 Å². The van der Waals surface area contributed by atoms with E-state index >= 15 is 0 Å². The van der Waals surface area contributed by atoms with Gasteiger partial charge in [0.15, 0.2) is 5.11 Å². The van der Waals surface area contributed by atoms with Gasteiger partial charge in [-0.15, -0.1) is 0 Å². The molecule has 3 rings (SSSR count). The number of amides is 1. The summed E-state index contributed by atoms with van der Waals surface area (Å²) >= 11 is 12.2. The summed E-state index contributed by atoms with van der Waals surface area (Å²) in [6, 6.07) is 18.9. The highest BCUT2D eigenvalue weighted by Crippen LogP contribution is 2.26. The fraction of sp³-hybridized carbons (Fsp3) is 0. The zero-order valence-electron chi connectivity index (χ0n) is 12.3. The van der Waals surface area contributed by atoms with E-state index in [2.05, 4.69) is 42.5 Å². The number of hydrogen-bond donors (Lipinski definition) is 2. The molecule has 3 aromatic rings. The number of benzene rings is 3. The lowest BCUT2D eigenvalue weighted by molar-refractivity contribution is 0.0979. The summed E-state index contributed by atoms with van der Waals surface area (Å²) in [5.74, 6) is -0.247. The molecule has 120 valence electrons. The number of para-hydroxylation sites is 1. The van der Waals surface area contributed by atoms with Crippen molar-refractivity contribution in [3.8, 4) is 0 Å². The smallest absolute Gasteiger partial charge is 0.258 e. The summed E-state index contributed by atoms with van der Waals surface area (Å²) in [6.45, 7) is 0. The third kappa shape index (κ3) is 3.66. The molecule has 0 aliphatic rings. The third-order valence-electron chi connectivity index (χ3n) is 3.46. The van der Waals surface area contributed by atoms with Gasteiger partial charge >= 0.3 is 0 Å². The van der Waals surface area contributed by atoms with Crippen LogP contribution in [0.4, 0.5) is 5.69 Å². The van der Waals surface area contributed by atoms with Crippen LogP contribution in [-0.2, 0) is 0 Å². The largest absolute Gasteiger partial charge is 0.331 e. The average Bonchev–Trinajstić information content (AvgIpc) is 2.57. The monoisotopic (exact) mass is 462 g/mol. The fourth-order valence-corrected chi connectivity index (χ4v) is 3.44. The van der Waals surface area contributed by atoms with Gasteiger partial charge in [0, 0.05) is 14.5 Å². The first-order chi connectivity index (χ1) is 11.6. The number of anilines is 1. The Morgan fingerprint density at radius 3 is 2.29 bits per heavy atom. The molecule has 0 atom stereocenters. The first kappa shape index (κ1) is 17.1. The Hall–Kier alpha value is -1.76. The molecule has 3 aromatic carbocycles. The van der Waals surface area contributed by atoms with Crippen LogP contribution in [0.1, 0.15) is 10.4 Å². The molecule has 0 unspecified atom stereocenters. The van der Waals surface area contributed by atoms with Crippen LogP contribution in [0.15, 0.2) is 69.6 Å². The Kier molecular flexibility index (Phi) is 5.28. The zero-order valence-corrected chi connectivity index (χ0v) is 16.3. The van der Waals surface area contributed by atoms with Crippen LogP contribution in [0.3, 0.4) is 0 Å². The van der Waals surface area contributed by atoms with Crippen LogP contribution in [0.2, 0.25) is 0 Å². The van der Waals surface area contributed by atoms with Gasteiger partial charge in [0.25, 0.3) is 5.91 Å². The van der Waals surface area contributed by atoms with Gasteiger partial charge in [-0.1, -0.05) is 52.3 Å². The van der Waals surface area contributed by atoms with Crippen molar-refractivity contribution in [2.24, 2.45) is 0 Å². The molecular formula is C18H12Br2N2OS. The molecule has 0 fully saturated rings.